The lowest BCUT2D eigenvalue weighted by molar-refractivity contribution is 0.0624. The lowest BCUT2D eigenvalue weighted by Gasteiger charge is -2.21. The summed E-state index contributed by atoms with van der Waals surface area (Å²) in [4.78, 5) is 34.5. The minimum Gasteiger partial charge on any atom is -0.444 e. The van der Waals surface area contributed by atoms with Crippen LogP contribution in [0.5, 0.6) is 0 Å². The standard InChI is InChI=1S/C28H34N4O4/c1-17-23(19-13-9-11-15-21(19)31-25(33)35-27(3,4)5)30-18(2)24(29-17)20-14-10-12-16-22(20)32-26(34)36-28(6,7)8/h9-16H,1-8H3,(H,31,33)(H,32,34). The van der Waals surface area contributed by atoms with Gasteiger partial charge in [-0.3, -0.25) is 10.6 Å². The fraction of sp³-hybridized carbons (Fsp3) is 0.357. The highest BCUT2D eigenvalue weighted by atomic mass is 16.6. The highest BCUT2D eigenvalue weighted by Gasteiger charge is 2.21. The van der Waals surface area contributed by atoms with Gasteiger partial charge in [0.15, 0.2) is 0 Å². The maximum Gasteiger partial charge on any atom is 0.412 e. The molecule has 0 spiro atoms. The number of para-hydroxylation sites is 2. The van der Waals surface area contributed by atoms with E-state index < -0.39 is 23.4 Å². The van der Waals surface area contributed by atoms with Gasteiger partial charge in [0, 0.05) is 11.1 Å². The van der Waals surface area contributed by atoms with Gasteiger partial charge < -0.3 is 9.47 Å². The topological polar surface area (TPSA) is 102 Å². The number of nitrogens with zero attached hydrogens (tertiary/aromatic N) is 2. The Morgan fingerprint density at radius 1 is 0.639 bits per heavy atom. The molecule has 0 atom stereocenters. The average molecular weight is 491 g/mol. The summed E-state index contributed by atoms with van der Waals surface area (Å²) < 4.78 is 10.8. The number of benzene rings is 2. The molecule has 1 aromatic heterocycles. The van der Waals surface area contributed by atoms with Crippen molar-refractivity contribution in [3.8, 4) is 22.5 Å². The predicted molar refractivity (Wildman–Crippen MR) is 142 cm³/mol. The molecule has 2 amide bonds. The van der Waals surface area contributed by atoms with Crippen molar-refractivity contribution in [3.05, 3.63) is 59.9 Å². The first-order valence-electron chi connectivity index (χ1n) is 11.8. The van der Waals surface area contributed by atoms with Gasteiger partial charge in [-0.05, 0) is 67.5 Å². The number of nitrogens with one attached hydrogen (secondary N) is 2. The Hall–Kier alpha value is -3.94. The maximum atomic E-state index is 12.4. The van der Waals surface area contributed by atoms with E-state index in [1.54, 1.807) is 12.1 Å². The molecule has 8 heteroatoms. The van der Waals surface area contributed by atoms with Crippen LogP contribution in [0.1, 0.15) is 52.9 Å². The second kappa shape index (κ2) is 10.4. The molecule has 0 unspecified atom stereocenters. The molecule has 0 aliphatic rings. The molecule has 0 radical (unpaired) electrons. The summed E-state index contributed by atoms with van der Waals surface area (Å²) in [7, 11) is 0. The quantitative estimate of drug-likeness (QED) is 0.404. The van der Waals surface area contributed by atoms with Crippen LogP contribution in [0.15, 0.2) is 48.5 Å². The molecule has 0 aliphatic heterocycles. The zero-order valence-corrected chi connectivity index (χ0v) is 22.1. The minimum atomic E-state index is -0.617. The average Bonchev–Trinajstić information content (AvgIpc) is 2.73. The monoisotopic (exact) mass is 490 g/mol. The third-order valence-electron chi connectivity index (χ3n) is 4.88. The molecule has 0 saturated heterocycles. The molecule has 0 saturated carbocycles. The van der Waals surface area contributed by atoms with Crippen molar-refractivity contribution in [2.45, 2.75) is 66.6 Å². The fourth-order valence-electron chi connectivity index (χ4n) is 3.54. The van der Waals surface area contributed by atoms with Crippen LogP contribution in [0.4, 0.5) is 21.0 Å². The van der Waals surface area contributed by atoms with Crippen molar-refractivity contribution in [2.24, 2.45) is 0 Å². The molecular weight excluding hydrogens is 456 g/mol. The first kappa shape index (κ1) is 26.7. The van der Waals surface area contributed by atoms with E-state index >= 15 is 0 Å². The number of ether oxygens (including phenoxy) is 2. The molecule has 0 aliphatic carbocycles. The van der Waals surface area contributed by atoms with Gasteiger partial charge in [-0.1, -0.05) is 36.4 Å². The van der Waals surface area contributed by atoms with E-state index in [4.69, 9.17) is 19.4 Å². The fourth-order valence-corrected chi connectivity index (χ4v) is 3.54. The zero-order chi connectivity index (χ0) is 26.7. The lowest BCUT2D eigenvalue weighted by atomic mass is 10.0. The van der Waals surface area contributed by atoms with Gasteiger partial charge in [0.2, 0.25) is 0 Å². The Balaban J connectivity index is 1.97. The number of carbonyl (C=O) groups excluding carboxylic acids is 2. The van der Waals surface area contributed by atoms with Crippen molar-refractivity contribution in [2.75, 3.05) is 10.6 Å². The van der Waals surface area contributed by atoms with Gasteiger partial charge in [-0.15, -0.1) is 0 Å². The SMILES string of the molecule is Cc1nc(-c2ccccc2NC(=O)OC(C)(C)C)c(C)nc1-c1ccccc1NC(=O)OC(C)(C)C. The Kier molecular flexibility index (Phi) is 7.67. The van der Waals surface area contributed by atoms with E-state index in [1.807, 2.05) is 91.8 Å². The molecule has 3 aromatic rings. The number of aromatic nitrogens is 2. The van der Waals surface area contributed by atoms with Crippen LogP contribution in [-0.2, 0) is 9.47 Å². The summed E-state index contributed by atoms with van der Waals surface area (Å²) in [5.74, 6) is 0. The van der Waals surface area contributed by atoms with E-state index in [0.717, 1.165) is 11.1 Å². The minimum absolute atomic E-state index is 0.545. The van der Waals surface area contributed by atoms with Crippen molar-refractivity contribution >= 4 is 23.6 Å². The van der Waals surface area contributed by atoms with Crippen LogP contribution in [-0.4, -0.2) is 33.4 Å². The summed E-state index contributed by atoms with van der Waals surface area (Å²) in [6.07, 6.45) is -1.09. The number of rotatable bonds is 4. The molecule has 2 aromatic carbocycles. The Morgan fingerprint density at radius 2 is 0.972 bits per heavy atom. The van der Waals surface area contributed by atoms with E-state index in [-0.39, 0.29) is 0 Å². The van der Waals surface area contributed by atoms with Crippen molar-refractivity contribution < 1.29 is 19.1 Å². The van der Waals surface area contributed by atoms with Crippen LogP contribution in [0.2, 0.25) is 0 Å². The summed E-state index contributed by atoms with van der Waals surface area (Å²) in [6, 6.07) is 14.8. The Labute approximate surface area is 212 Å². The first-order chi connectivity index (χ1) is 16.7. The predicted octanol–water partition coefficient (Wildman–Crippen LogP) is 7.12. The van der Waals surface area contributed by atoms with Crippen LogP contribution < -0.4 is 10.6 Å². The highest BCUT2D eigenvalue weighted by molar-refractivity contribution is 5.93. The summed E-state index contributed by atoms with van der Waals surface area (Å²) in [5, 5.41) is 5.63. The van der Waals surface area contributed by atoms with Gasteiger partial charge in [0.1, 0.15) is 11.2 Å². The number of hydrogen-bond donors (Lipinski definition) is 2. The van der Waals surface area contributed by atoms with Crippen molar-refractivity contribution in [1.82, 2.24) is 9.97 Å². The summed E-state index contributed by atoms with van der Waals surface area (Å²) in [6.45, 7) is 14.6. The third kappa shape index (κ3) is 7.04. The number of aryl methyl sites for hydroxylation is 2. The number of carbonyl (C=O) groups is 2. The molecule has 36 heavy (non-hydrogen) atoms. The molecule has 2 N–H and O–H groups in total. The lowest BCUT2D eigenvalue weighted by Crippen LogP contribution is -2.27. The summed E-state index contributed by atoms with van der Waals surface area (Å²) >= 11 is 0. The van der Waals surface area contributed by atoms with Crippen LogP contribution in [0.3, 0.4) is 0 Å². The molecule has 8 nitrogen and oxygen atoms in total. The highest BCUT2D eigenvalue weighted by Crippen LogP contribution is 2.34. The molecule has 0 fully saturated rings. The van der Waals surface area contributed by atoms with Crippen molar-refractivity contribution in [3.63, 3.8) is 0 Å². The number of hydrogen-bond acceptors (Lipinski definition) is 6. The maximum absolute atomic E-state index is 12.4. The first-order valence-corrected chi connectivity index (χ1v) is 11.8. The third-order valence-corrected chi connectivity index (χ3v) is 4.88. The normalized spacial score (nSPS) is 11.6. The van der Waals surface area contributed by atoms with Crippen LogP contribution >= 0.6 is 0 Å². The molecule has 1 heterocycles. The van der Waals surface area contributed by atoms with Gasteiger partial charge in [0.25, 0.3) is 0 Å². The van der Waals surface area contributed by atoms with Gasteiger partial charge in [-0.25, -0.2) is 19.6 Å². The second-order valence-electron chi connectivity index (χ2n) is 10.4. The van der Waals surface area contributed by atoms with E-state index in [9.17, 15) is 9.59 Å². The summed E-state index contributed by atoms with van der Waals surface area (Å²) in [5.41, 5.74) is 3.97. The molecule has 0 bridgehead atoms. The van der Waals surface area contributed by atoms with Gasteiger partial charge in [0.05, 0.1) is 34.2 Å². The smallest absolute Gasteiger partial charge is 0.412 e. The second-order valence-corrected chi connectivity index (χ2v) is 10.4. The number of amides is 2. The molecular formula is C28H34N4O4. The van der Waals surface area contributed by atoms with E-state index in [0.29, 0.717) is 34.2 Å². The van der Waals surface area contributed by atoms with Crippen LogP contribution in [0, 0.1) is 13.8 Å². The van der Waals surface area contributed by atoms with Crippen molar-refractivity contribution in [1.29, 1.82) is 0 Å². The van der Waals surface area contributed by atoms with E-state index in [2.05, 4.69) is 10.6 Å². The number of anilines is 2. The van der Waals surface area contributed by atoms with Gasteiger partial charge >= 0.3 is 12.2 Å². The van der Waals surface area contributed by atoms with Gasteiger partial charge in [-0.2, -0.15) is 0 Å². The zero-order valence-electron chi connectivity index (χ0n) is 22.1. The van der Waals surface area contributed by atoms with Crippen LogP contribution in [0.25, 0.3) is 22.5 Å². The van der Waals surface area contributed by atoms with E-state index in [1.165, 1.54) is 0 Å². The molecule has 3 rings (SSSR count). The molecule has 190 valence electrons. The Bertz CT molecular complexity index is 1170. The Morgan fingerprint density at radius 3 is 1.31 bits per heavy atom. The largest absolute Gasteiger partial charge is 0.444 e.